The minimum atomic E-state index is 0.441. The first-order chi connectivity index (χ1) is 8.30. The Kier molecular flexibility index (Phi) is 5.43. The molecule has 1 fully saturated rings. The molecule has 0 aromatic carbocycles. The van der Waals surface area contributed by atoms with Gasteiger partial charge in [0.05, 0.1) is 0 Å². The van der Waals surface area contributed by atoms with Crippen LogP contribution >= 0.6 is 0 Å². The predicted molar refractivity (Wildman–Crippen MR) is 81.2 cm³/mol. The van der Waals surface area contributed by atoms with Crippen molar-refractivity contribution in [2.24, 2.45) is 35.0 Å². The van der Waals surface area contributed by atoms with Gasteiger partial charge >= 0.3 is 0 Å². The fourth-order valence-electron chi connectivity index (χ4n) is 3.66. The summed E-state index contributed by atoms with van der Waals surface area (Å²) in [6, 6.07) is 0. The highest BCUT2D eigenvalue weighted by molar-refractivity contribution is 5.56. The van der Waals surface area contributed by atoms with Crippen molar-refractivity contribution in [3.05, 3.63) is 0 Å². The Labute approximate surface area is 114 Å². The Morgan fingerprint density at radius 3 is 1.89 bits per heavy atom. The first-order valence-corrected chi connectivity index (χ1v) is 7.81. The van der Waals surface area contributed by atoms with E-state index in [0.29, 0.717) is 11.3 Å². The highest BCUT2D eigenvalue weighted by atomic mass is 14.5. The van der Waals surface area contributed by atoms with Crippen LogP contribution in [0.5, 0.6) is 0 Å². The molecule has 1 saturated carbocycles. The molecular formula is C17H33N. The molecule has 1 unspecified atom stereocenters. The van der Waals surface area contributed by atoms with Crippen molar-refractivity contribution in [2.45, 2.75) is 67.2 Å². The van der Waals surface area contributed by atoms with E-state index in [1.807, 2.05) is 0 Å². The third-order valence-electron chi connectivity index (χ3n) is 6.07. The van der Waals surface area contributed by atoms with Gasteiger partial charge in [-0.05, 0) is 66.9 Å². The molecule has 0 aliphatic heterocycles. The van der Waals surface area contributed by atoms with Crippen LogP contribution in [0.15, 0.2) is 0 Å². The molecule has 1 heteroatoms. The van der Waals surface area contributed by atoms with Gasteiger partial charge in [-0.1, -0.05) is 41.5 Å². The maximum absolute atomic E-state index is 7.40. The van der Waals surface area contributed by atoms with Crippen molar-refractivity contribution >= 4 is 6.21 Å². The summed E-state index contributed by atoms with van der Waals surface area (Å²) in [5, 5.41) is 7.40. The van der Waals surface area contributed by atoms with Crippen LogP contribution in [0.3, 0.4) is 0 Å². The molecule has 1 N–H and O–H groups in total. The fraction of sp³-hybridized carbons (Fsp3) is 0.941. The summed E-state index contributed by atoms with van der Waals surface area (Å²) >= 11 is 0. The highest BCUT2D eigenvalue weighted by Gasteiger charge is 2.39. The summed E-state index contributed by atoms with van der Waals surface area (Å²) in [5.41, 5.74) is 0.441. The SMILES string of the molecule is CC(C)[C@@H](C)C(C)C(C)(C)C1CCC(C=N)CC1. The Morgan fingerprint density at radius 1 is 1.00 bits per heavy atom. The van der Waals surface area contributed by atoms with E-state index >= 15 is 0 Å². The molecule has 0 spiro atoms. The maximum Gasteiger partial charge on any atom is -0.00167 e. The first kappa shape index (κ1) is 15.7. The molecule has 1 rings (SSSR count). The molecule has 0 heterocycles. The van der Waals surface area contributed by atoms with Gasteiger partial charge in [-0.2, -0.15) is 0 Å². The normalized spacial score (nSPS) is 29.1. The van der Waals surface area contributed by atoms with Crippen LogP contribution in [0.25, 0.3) is 0 Å². The fourth-order valence-corrected chi connectivity index (χ4v) is 3.66. The van der Waals surface area contributed by atoms with Gasteiger partial charge in [0.1, 0.15) is 0 Å². The lowest BCUT2D eigenvalue weighted by atomic mass is 9.60. The predicted octanol–water partition coefficient (Wildman–Crippen LogP) is 5.40. The van der Waals surface area contributed by atoms with Gasteiger partial charge in [0, 0.05) is 0 Å². The lowest BCUT2D eigenvalue weighted by Crippen LogP contribution is -2.38. The minimum Gasteiger partial charge on any atom is -0.313 e. The van der Waals surface area contributed by atoms with Crippen LogP contribution in [0.4, 0.5) is 0 Å². The first-order valence-electron chi connectivity index (χ1n) is 7.81. The largest absolute Gasteiger partial charge is 0.313 e. The molecule has 0 aromatic heterocycles. The zero-order chi connectivity index (χ0) is 13.9. The van der Waals surface area contributed by atoms with Crippen LogP contribution in [-0.2, 0) is 0 Å². The van der Waals surface area contributed by atoms with Gasteiger partial charge in [-0.25, -0.2) is 0 Å². The van der Waals surface area contributed by atoms with Crippen molar-refractivity contribution in [3.8, 4) is 0 Å². The standard InChI is InChI=1S/C17H33N/c1-12(2)13(3)14(4)17(5,6)16-9-7-15(11-18)8-10-16/h11-16,18H,7-10H2,1-6H3/t13-,14?,15?,16?/m1/s1. The van der Waals surface area contributed by atoms with Crippen LogP contribution in [0.1, 0.15) is 67.2 Å². The molecule has 1 aliphatic carbocycles. The average Bonchev–Trinajstić information content (AvgIpc) is 2.36. The van der Waals surface area contributed by atoms with Gasteiger partial charge in [-0.3, -0.25) is 0 Å². The molecule has 106 valence electrons. The molecule has 1 aliphatic rings. The van der Waals surface area contributed by atoms with Crippen LogP contribution in [0, 0.1) is 40.4 Å². The monoisotopic (exact) mass is 251 g/mol. The van der Waals surface area contributed by atoms with E-state index < -0.39 is 0 Å². The van der Waals surface area contributed by atoms with E-state index in [0.717, 1.165) is 23.7 Å². The minimum absolute atomic E-state index is 0.441. The Morgan fingerprint density at radius 2 is 1.50 bits per heavy atom. The third-order valence-corrected chi connectivity index (χ3v) is 6.07. The van der Waals surface area contributed by atoms with Crippen molar-refractivity contribution < 1.29 is 0 Å². The zero-order valence-electron chi connectivity index (χ0n) is 13.3. The summed E-state index contributed by atoms with van der Waals surface area (Å²) in [6.45, 7) is 14.5. The Balaban J connectivity index is 2.66. The maximum atomic E-state index is 7.40. The summed E-state index contributed by atoms with van der Waals surface area (Å²) < 4.78 is 0. The molecule has 2 atom stereocenters. The van der Waals surface area contributed by atoms with Crippen LogP contribution < -0.4 is 0 Å². The molecule has 0 saturated heterocycles. The van der Waals surface area contributed by atoms with E-state index in [4.69, 9.17) is 5.41 Å². The third kappa shape index (κ3) is 3.36. The number of nitrogens with one attached hydrogen (secondary N) is 1. The molecule has 1 nitrogen and oxygen atoms in total. The van der Waals surface area contributed by atoms with Crippen LogP contribution in [0.2, 0.25) is 0 Å². The number of hydrogen-bond donors (Lipinski definition) is 1. The Bertz CT molecular complexity index is 259. The second-order valence-corrected chi connectivity index (χ2v) is 7.49. The summed E-state index contributed by atoms with van der Waals surface area (Å²) in [6.07, 6.45) is 6.79. The van der Waals surface area contributed by atoms with Gasteiger partial charge in [0.25, 0.3) is 0 Å². The average molecular weight is 251 g/mol. The molecule has 0 amide bonds. The lowest BCUT2D eigenvalue weighted by molar-refractivity contribution is 0.0430. The van der Waals surface area contributed by atoms with Crippen molar-refractivity contribution in [1.29, 1.82) is 5.41 Å². The Hall–Kier alpha value is -0.330. The highest BCUT2D eigenvalue weighted by Crippen LogP contribution is 2.47. The second kappa shape index (κ2) is 6.21. The van der Waals surface area contributed by atoms with E-state index in [1.54, 1.807) is 6.21 Å². The lowest BCUT2D eigenvalue weighted by Gasteiger charge is -2.45. The molecule has 0 aromatic rings. The molecule has 0 radical (unpaired) electrons. The van der Waals surface area contributed by atoms with Crippen molar-refractivity contribution in [3.63, 3.8) is 0 Å². The topological polar surface area (TPSA) is 23.9 Å². The second-order valence-electron chi connectivity index (χ2n) is 7.49. The van der Waals surface area contributed by atoms with Gasteiger partial charge in [0.2, 0.25) is 0 Å². The summed E-state index contributed by atoms with van der Waals surface area (Å²) in [4.78, 5) is 0. The van der Waals surface area contributed by atoms with Crippen molar-refractivity contribution in [2.75, 3.05) is 0 Å². The molecular weight excluding hydrogens is 218 g/mol. The number of hydrogen-bond acceptors (Lipinski definition) is 1. The quantitative estimate of drug-likeness (QED) is 0.633. The smallest absolute Gasteiger partial charge is 0.00167 e. The van der Waals surface area contributed by atoms with Gasteiger partial charge in [0.15, 0.2) is 0 Å². The van der Waals surface area contributed by atoms with E-state index in [-0.39, 0.29) is 0 Å². The van der Waals surface area contributed by atoms with Crippen molar-refractivity contribution in [1.82, 2.24) is 0 Å². The van der Waals surface area contributed by atoms with Crippen LogP contribution in [-0.4, -0.2) is 6.21 Å². The zero-order valence-corrected chi connectivity index (χ0v) is 13.3. The van der Waals surface area contributed by atoms with E-state index in [2.05, 4.69) is 41.5 Å². The van der Waals surface area contributed by atoms with E-state index in [9.17, 15) is 0 Å². The van der Waals surface area contributed by atoms with Gasteiger partial charge < -0.3 is 5.41 Å². The summed E-state index contributed by atoms with van der Waals surface area (Å²) in [5.74, 6) is 3.76. The van der Waals surface area contributed by atoms with E-state index in [1.165, 1.54) is 25.7 Å². The summed E-state index contributed by atoms with van der Waals surface area (Å²) in [7, 11) is 0. The molecule has 0 bridgehead atoms. The molecule has 18 heavy (non-hydrogen) atoms. The van der Waals surface area contributed by atoms with Gasteiger partial charge in [-0.15, -0.1) is 0 Å². The number of rotatable bonds is 5.